The minimum absolute atomic E-state index is 0.0505. The van der Waals surface area contributed by atoms with E-state index in [-0.39, 0.29) is 17.1 Å². The lowest BCUT2D eigenvalue weighted by Gasteiger charge is -2.38. The number of allylic oxidation sites excluding steroid dienone is 2. The van der Waals surface area contributed by atoms with Gasteiger partial charge in [0.15, 0.2) is 11.6 Å². The molecular weight excluding hydrogens is 589 g/mol. The van der Waals surface area contributed by atoms with E-state index in [1.54, 1.807) is 36.4 Å². The van der Waals surface area contributed by atoms with E-state index >= 15 is 8.78 Å². The van der Waals surface area contributed by atoms with Crippen LogP contribution in [0.2, 0.25) is 0 Å². The molecule has 0 heterocycles. The highest BCUT2D eigenvalue weighted by atomic mass is 19.2. The maximum Gasteiger partial charge on any atom is 0.201 e. The van der Waals surface area contributed by atoms with Crippen molar-refractivity contribution in [1.29, 1.82) is 0 Å². The van der Waals surface area contributed by atoms with Crippen LogP contribution in [0.3, 0.4) is 0 Å². The molecule has 3 aromatic carbocycles. The van der Waals surface area contributed by atoms with Crippen LogP contribution in [-0.4, -0.2) is 6.61 Å². The average molecular weight is 645 g/mol. The lowest BCUT2D eigenvalue weighted by Crippen LogP contribution is -2.25. The van der Waals surface area contributed by atoms with Crippen LogP contribution in [0.5, 0.6) is 5.75 Å². The number of hydrogen-bond donors (Lipinski definition) is 0. The first-order valence-electron chi connectivity index (χ1n) is 18.6. The molecule has 0 atom stereocenters. The molecule has 1 nitrogen and oxygen atoms in total. The zero-order valence-electron chi connectivity index (χ0n) is 28.7. The van der Waals surface area contributed by atoms with E-state index in [2.05, 4.69) is 32.1 Å². The van der Waals surface area contributed by atoms with Gasteiger partial charge in [-0.25, -0.2) is 8.78 Å². The van der Waals surface area contributed by atoms with Crippen molar-refractivity contribution in [3.05, 3.63) is 89.8 Å². The van der Waals surface area contributed by atoms with E-state index in [0.29, 0.717) is 23.7 Å². The van der Waals surface area contributed by atoms with E-state index in [0.717, 1.165) is 61.0 Å². The summed E-state index contributed by atoms with van der Waals surface area (Å²) in [5.41, 5.74) is 3.08. The van der Waals surface area contributed by atoms with Gasteiger partial charge in [0.05, 0.1) is 6.61 Å². The number of hydrogen-bond acceptors (Lipinski definition) is 1. The van der Waals surface area contributed by atoms with Crippen LogP contribution in [0.4, 0.5) is 13.2 Å². The summed E-state index contributed by atoms with van der Waals surface area (Å²) in [7, 11) is 0. The molecule has 2 saturated carbocycles. The number of halogens is 3. The van der Waals surface area contributed by atoms with Gasteiger partial charge in [0.25, 0.3) is 0 Å². The highest BCUT2D eigenvalue weighted by Crippen LogP contribution is 2.45. The molecule has 2 aliphatic rings. The highest BCUT2D eigenvalue weighted by molar-refractivity contribution is 5.71. The van der Waals surface area contributed by atoms with E-state index in [9.17, 15) is 4.39 Å². The maximum atomic E-state index is 15.5. The van der Waals surface area contributed by atoms with Crippen molar-refractivity contribution < 1.29 is 17.9 Å². The van der Waals surface area contributed by atoms with Gasteiger partial charge < -0.3 is 4.74 Å². The van der Waals surface area contributed by atoms with Crippen molar-refractivity contribution in [3.63, 3.8) is 0 Å². The second kappa shape index (κ2) is 17.9. The lowest BCUT2D eigenvalue weighted by atomic mass is 9.68. The van der Waals surface area contributed by atoms with Crippen LogP contribution in [-0.2, 0) is 0 Å². The molecule has 0 bridgehead atoms. The molecule has 3 aromatic rings. The Kier molecular flexibility index (Phi) is 13.5. The summed E-state index contributed by atoms with van der Waals surface area (Å²) in [5, 5.41) is 0. The number of benzene rings is 3. The summed E-state index contributed by atoms with van der Waals surface area (Å²) in [5.74, 6) is 0.881. The van der Waals surface area contributed by atoms with Crippen LogP contribution < -0.4 is 4.74 Å². The van der Waals surface area contributed by atoms with E-state index < -0.39 is 11.6 Å². The largest absolute Gasteiger partial charge is 0.490 e. The van der Waals surface area contributed by atoms with Gasteiger partial charge in [0.1, 0.15) is 5.82 Å². The summed E-state index contributed by atoms with van der Waals surface area (Å²) in [4.78, 5) is 0. The van der Waals surface area contributed by atoms with Crippen molar-refractivity contribution in [2.75, 3.05) is 6.61 Å². The number of rotatable bonds is 15. The molecule has 47 heavy (non-hydrogen) atoms. The lowest BCUT2D eigenvalue weighted by molar-refractivity contribution is 0.157. The fourth-order valence-corrected chi connectivity index (χ4v) is 8.15. The second-order valence-corrected chi connectivity index (χ2v) is 14.2. The maximum absolute atomic E-state index is 15.5. The normalized spacial score (nSPS) is 21.7. The Labute approximate surface area is 282 Å². The molecule has 0 spiro atoms. The molecule has 0 radical (unpaired) electrons. The molecule has 0 amide bonds. The Morgan fingerprint density at radius 2 is 1.30 bits per heavy atom. The zero-order valence-corrected chi connectivity index (χ0v) is 28.7. The SMILES string of the molecule is CC=CCCC1CCC(C2CCC(c3ccc(-c4ccc(-c5ccc(OCCCCCCCC)c(F)c5F)cc4)c(F)c3)CC2)CC1. The first kappa shape index (κ1) is 35.3. The number of unbranched alkanes of at least 4 members (excludes halogenated alkanes) is 5. The molecule has 254 valence electrons. The minimum atomic E-state index is -0.962. The molecule has 2 aliphatic carbocycles. The van der Waals surface area contributed by atoms with Gasteiger partial charge >= 0.3 is 0 Å². The van der Waals surface area contributed by atoms with Crippen LogP contribution in [0.1, 0.15) is 128 Å². The Balaban J connectivity index is 1.13. The van der Waals surface area contributed by atoms with Crippen molar-refractivity contribution in [3.8, 4) is 28.0 Å². The molecule has 0 aliphatic heterocycles. The molecule has 0 N–H and O–H groups in total. The fourth-order valence-electron chi connectivity index (χ4n) is 8.15. The fraction of sp³-hybridized carbons (Fsp3) is 0.535. The third kappa shape index (κ3) is 9.55. The van der Waals surface area contributed by atoms with E-state index in [1.807, 2.05) is 6.07 Å². The standard InChI is InChI=1S/C43H55F3O/c1-3-5-7-8-9-11-29-47-41-28-27-39(42(45)43(41)46)36-23-21-35(22-24-36)38-26-25-37(30-40(38)44)34-19-17-33(18-20-34)32-15-13-31(14-16-32)12-10-6-4-2/h4,6,21-28,30-34H,3,5,7-20,29H2,1-2H3. The van der Waals surface area contributed by atoms with E-state index in [4.69, 9.17) is 4.74 Å². The topological polar surface area (TPSA) is 9.23 Å². The van der Waals surface area contributed by atoms with Crippen molar-refractivity contribution in [2.45, 2.75) is 122 Å². The van der Waals surface area contributed by atoms with Crippen LogP contribution in [0.25, 0.3) is 22.3 Å². The van der Waals surface area contributed by atoms with Crippen LogP contribution >= 0.6 is 0 Å². The zero-order chi connectivity index (χ0) is 33.0. The predicted octanol–water partition coefficient (Wildman–Crippen LogP) is 13.6. The van der Waals surface area contributed by atoms with Crippen molar-refractivity contribution in [2.24, 2.45) is 17.8 Å². The van der Waals surface area contributed by atoms with Gasteiger partial charge in [0, 0.05) is 11.1 Å². The van der Waals surface area contributed by atoms with Crippen LogP contribution in [0, 0.1) is 35.2 Å². The third-order valence-electron chi connectivity index (χ3n) is 11.1. The Bertz CT molecular complexity index is 1410. The minimum Gasteiger partial charge on any atom is -0.490 e. The summed E-state index contributed by atoms with van der Waals surface area (Å²) in [6.45, 7) is 4.67. The second-order valence-electron chi connectivity index (χ2n) is 14.2. The van der Waals surface area contributed by atoms with Crippen molar-refractivity contribution in [1.82, 2.24) is 0 Å². The van der Waals surface area contributed by atoms with E-state index in [1.165, 1.54) is 76.7 Å². The Hall–Kier alpha value is -3.01. The van der Waals surface area contributed by atoms with Gasteiger partial charge in [-0.05, 0) is 123 Å². The molecule has 0 saturated heterocycles. The summed E-state index contributed by atoms with van der Waals surface area (Å²) < 4.78 is 50.9. The van der Waals surface area contributed by atoms with Gasteiger partial charge in [0.2, 0.25) is 5.82 Å². The average Bonchev–Trinajstić information content (AvgIpc) is 3.10. The van der Waals surface area contributed by atoms with Gasteiger partial charge in [-0.2, -0.15) is 4.39 Å². The third-order valence-corrected chi connectivity index (χ3v) is 11.1. The predicted molar refractivity (Wildman–Crippen MR) is 190 cm³/mol. The Morgan fingerprint density at radius 3 is 1.96 bits per heavy atom. The summed E-state index contributed by atoms with van der Waals surface area (Å²) >= 11 is 0. The van der Waals surface area contributed by atoms with Gasteiger partial charge in [-0.1, -0.05) is 100 Å². The summed E-state index contributed by atoms with van der Waals surface area (Å²) in [6.07, 6.45) is 24.0. The quantitative estimate of drug-likeness (QED) is 0.118. The monoisotopic (exact) mass is 644 g/mol. The molecule has 2 fully saturated rings. The first-order chi connectivity index (χ1) is 23.0. The van der Waals surface area contributed by atoms with Crippen LogP contribution in [0.15, 0.2) is 66.7 Å². The number of ether oxygens (including phenoxy) is 1. The Morgan fingerprint density at radius 1 is 0.681 bits per heavy atom. The smallest absolute Gasteiger partial charge is 0.201 e. The molecule has 0 unspecified atom stereocenters. The molecule has 4 heteroatoms. The molecule has 0 aromatic heterocycles. The first-order valence-corrected chi connectivity index (χ1v) is 18.6. The van der Waals surface area contributed by atoms with Crippen molar-refractivity contribution >= 4 is 0 Å². The van der Waals surface area contributed by atoms with Gasteiger partial charge in [-0.15, -0.1) is 0 Å². The molecular formula is C43H55F3O. The molecule has 5 rings (SSSR count). The van der Waals surface area contributed by atoms with Gasteiger partial charge in [-0.3, -0.25) is 0 Å². The summed E-state index contributed by atoms with van der Waals surface area (Å²) in [6, 6.07) is 15.8. The highest BCUT2D eigenvalue weighted by Gasteiger charge is 2.31.